The minimum atomic E-state index is -0.0807. The number of hydrogen-bond donors (Lipinski definition) is 1. The summed E-state index contributed by atoms with van der Waals surface area (Å²) in [6, 6.07) is 17.5. The Bertz CT molecular complexity index is 608. The summed E-state index contributed by atoms with van der Waals surface area (Å²) in [5.74, 6) is 0. The number of nitriles is 1. The Morgan fingerprint density at radius 2 is 1.85 bits per heavy atom. The molecule has 0 heterocycles. The molecular weight excluding hydrogens is 272 g/mol. The maximum atomic E-state index is 9.17. The molecule has 2 aromatic carbocycles. The molecule has 0 aromatic heterocycles. The normalized spacial score (nSPS) is 10.1. The molecule has 2 aromatic rings. The van der Waals surface area contributed by atoms with Crippen LogP contribution in [0.25, 0.3) is 0 Å². The first-order valence-electron chi connectivity index (χ1n) is 6.35. The molecular formula is C16H15ClN2O. The van der Waals surface area contributed by atoms with Gasteiger partial charge < -0.3 is 10.0 Å². The Morgan fingerprint density at radius 1 is 1.10 bits per heavy atom. The van der Waals surface area contributed by atoms with Gasteiger partial charge in [0.15, 0.2) is 0 Å². The molecule has 2 rings (SSSR count). The first kappa shape index (κ1) is 14.4. The van der Waals surface area contributed by atoms with Gasteiger partial charge in [-0.15, -0.1) is 0 Å². The van der Waals surface area contributed by atoms with E-state index in [2.05, 4.69) is 6.07 Å². The predicted molar refractivity (Wildman–Crippen MR) is 81.1 cm³/mol. The highest BCUT2D eigenvalue weighted by atomic mass is 35.5. The Hall–Kier alpha value is -2.02. The molecule has 0 saturated heterocycles. The van der Waals surface area contributed by atoms with E-state index in [4.69, 9.17) is 22.0 Å². The molecule has 1 N–H and O–H groups in total. The van der Waals surface area contributed by atoms with Crippen molar-refractivity contribution in [3.05, 3.63) is 59.1 Å². The van der Waals surface area contributed by atoms with Crippen LogP contribution < -0.4 is 4.90 Å². The van der Waals surface area contributed by atoms with Crippen molar-refractivity contribution in [2.75, 3.05) is 11.4 Å². The lowest BCUT2D eigenvalue weighted by molar-refractivity contribution is 0.282. The molecule has 0 bridgehead atoms. The van der Waals surface area contributed by atoms with Gasteiger partial charge in [0.2, 0.25) is 0 Å². The van der Waals surface area contributed by atoms with Gasteiger partial charge in [-0.1, -0.05) is 35.9 Å². The van der Waals surface area contributed by atoms with Crippen LogP contribution in [0.2, 0.25) is 5.02 Å². The number of aliphatic hydroxyl groups excluding tert-OH is 1. The zero-order valence-electron chi connectivity index (χ0n) is 11.0. The minimum absolute atomic E-state index is 0.0807. The van der Waals surface area contributed by atoms with Gasteiger partial charge in [0, 0.05) is 22.9 Å². The number of anilines is 2. The Balaban J connectivity index is 2.36. The standard InChI is InChI=1S/C16H15ClN2O/c17-16-11-15(8-7-13(16)12-20)19(10-4-9-18)14-5-2-1-3-6-14/h1-3,5-8,11,20H,4,10,12H2. The van der Waals surface area contributed by atoms with Crippen molar-refractivity contribution < 1.29 is 5.11 Å². The van der Waals surface area contributed by atoms with Crippen LogP contribution >= 0.6 is 11.6 Å². The van der Waals surface area contributed by atoms with Gasteiger partial charge in [-0.3, -0.25) is 0 Å². The molecule has 0 atom stereocenters. The Morgan fingerprint density at radius 3 is 2.45 bits per heavy atom. The topological polar surface area (TPSA) is 47.3 Å². The first-order chi connectivity index (χ1) is 9.76. The molecule has 4 heteroatoms. The summed E-state index contributed by atoms with van der Waals surface area (Å²) in [5.41, 5.74) is 2.62. The summed E-state index contributed by atoms with van der Waals surface area (Å²) in [5, 5.41) is 18.5. The predicted octanol–water partition coefficient (Wildman–Crippen LogP) is 3.88. The zero-order valence-corrected chi connectivity index (χ0v) is 11.7. The van der Waals surface area contributed by atoms with Crippen LogP contribution in [0, 0.1) is 11.3 Å². The van der Waals surface area contributed by atoms with Crippen LogP contribution in [0.5, 0.6) is 0 Å². The minimum Gasteiger partial charge on any atom is -0.392 e. The van der Waals surface area contributed by atoms with Gasteiger partial charge in [0.25, 0.3) is 0 Å². The summed E-state index contributed by atoms with van der Waals surface area (Å²) in [6.07, 6.45) is 0.425. The largest absolute Gasteiger partial charge is 0.392 e. The van der Waals surface area contributed by atoms with Crippen molar-refractivity contribution >= 4 is 23.0 Å². The molecule has 0 aliphatic carbocycles. The van der Waals surface area contributed by atoms with Gasteiger partial charge in [0.1, 0.15) is 0 Å². The molecule has 102 valence electrons. The lowest BCUT2D eigenvalue weighted by atomic mass is 10.1. The van der Waals surface area contributed by atoms with E-state index in [9.17, 15) is 0 Å². The number of rotatable bonds is 5. The fourth-order valence-corrected chi connectivity index (χ4v) is 2.24. The lowest BCUT2D eigenvalue weighted by Gasteiger charge is -2.24. The summed E-state index contributed by atoms with van der Waals surface area (Å²) in [6.45, 7) is 0.512. The number of aliphatic hydroxyl groups is 1. The number of halogens is 1. The van der Waals surface area contributed by atoms with E-state index >= 15 is 0 Å². The number of para-hydroxylation sites is 1. The highest BCUT2D eigenvalue weighted by Gasteiger charge is 2.10. The number of benzene rings is 2. The second-order valence-corrected chi connectivity index (χ2v) is 4.74. The third-order valence-electron chi connectivity index (χ3n) is 3.03. The lowest BCUT2D eigenvalue weighted by Crippen LogP contribution is -2.18. The number of hydrogen-bond acceptors (Lipinski definition) is 3. The highest BCUT2D eigenvalue weighted by molar-refractivity contribution is 6.31. The van der Waals surface area contributed by atoms with Crippen LogP contribution in [0.1, 0.15) is 12.0 Å². The third kappa shape index (κ3) is 3.30. The average Bonchev–Trinajstić information content (AvgIpc) is 2.49. The SMILES string of the molecule is N#CCCN(c1ccccc1)c1ccc(CO)c(Cl)c1. The van der Waals surface area contributed by atoms with Crippen LogP contribution in [0.3, 0.4) is 0 Å². The van der Waals surface area contributed by atoms with Gasteiger partial charge in [-0.2, -0.15) is 5.26 Å². The summed E-state index contributed by atoms with van der Waals surface area (Å²) in [4.78, 5) is 2.04. The van der Waals surface area contributed by atoms with Crippen molar-refractivity contribution in [1.82, 2.24) is 0 Å². The van der Waals surface area contributed by atoms with E-state index in [0.717, 1.165) is 11.4 Å². The smallest absolute Gasteiger partial charge is 0.0696 e. The second-order valence-electron chi connectivity index (χ2n) is 4.33. The second kappa shape index (κ2) is 6.95. The van der Waals surface area contributed by atoms with Gasteiger partial charge >= 0.3 is 0 Å². The van der Waals surface area contributed by atoms with Crippen molar-refractivity contribution in [2.24, 2.45) is 0 Å². The molecule has 0 fully saturated rings. The summed E-state index contributed by atoms with van der Waals surface area (Å²) in [7, 11) is 0. The van der Waals surface area contributed by atoms with Crippen molar-refractivity contribution in [2.45, 2.75) is 13.0 Å². The first-order valence-corrected chi connectivity index (χ1v) is 6.73. The van der Waals surface area contributed by atoms with E-state index in [1.54, 1.807) is 6.07 Å². The molecule has 0 aliphatic heterocycles. The molecule has 0 spiro atoms. The fraction of sp³-hybridized carbons (Fsp3) is 0.188. The van der Waals surface area contributed by atoms with Gasteiger partial charge in [-0.05, 0) is 29.8 Å². The molecule has 0 aliphatic rings. The molecule has 0 amide bonds. The highest BCUT2D eigenvalue weighted by Crippen LogP contribution is 2.29. The molecule has 0 unspecified atom stereocenters. The fourth-order valence-electron chi connectivity index (χ4n) is 2.01. The van der Waals surface area contributed by atoms with Crippen LogP contribution in [0.4, 0.5) is 11.4 Å². The quantitative estimate of drug-likeness (QED) is 0.907. The number of nitrogens with zero attached hydrogens (tertiary/aromatic N) is 2. The zero-order chi connectivity index (χ0) is 14.4. The van der Waals surface area contributed by atoms with E-state index in [0.29, 0.717) is 23.6 Å². The van der Waals surface area contributed by atoms with Gasteiger partial charge in [-0.25, -0.2) is 0 Å². The maximum absolute atomic E-state index is 9.17. The van der Waals surface area contributed by atoms with Crippen molar-refractivity contribution in [3.63, 3.8) is 0 Å². The van der Waals surface area contributed by atoms with E-state index in [1.165, 1.54) is 0 Å². The summed E-state index contributed by atoms with van der Waals surface area (Å²) >= 11 is 6.14. The van der Waals surface area contributed by atoms with E-state index < -0.39 is 0 Å². The van der Waals surface area contributed by atoms with Crippen LogP contribution in [-0.4, -0.2) is 11.7 Å². The molecule has 0 radical (unpaired) electrons. The van der Waals surface area contributed by atoms with E-state index in [1.807, 2.05) is 47.4 Å². The van der Waals surface area contributed by atoms with Gasteiger partial charge in [0.05, 0.1) is 19.1 Å². The molecule has 20 heavy (non-hydrogen) atoms. The Labute approximate surface area is 123 Å². The van der Waals surface area contributed by atoms with Crippen molar-refractivity contribution in [1.29, 1.82) is 5.26 Å². The molecule has 3 nitrogen and oxygen atoms in total. The monoisotopic (exact) mass is 286 g/mol. The van der Waals surface area contributed by atoms with E-state index in [-0.39, 0.29) is 6.61 Å². The van der Waals surface area contributed by atoms with Crippen LogP contribution in [0.15, 0.2) is 48.5 Å². The Kier molecular flexibility index (Phi) is 5.00. The molecule has 0 saturated carbocycles. The maximum Gasteiger partial charge on any atom is 0.0696 e. The van der Waals surface area contributed by atoms with Crippen LogP contribution in [-0.2, 0) is 6.61 Å². The summed E-state index contributed by atoms with van der Waals surface area (Å²) < 4.78 is 0. The van der Waals surface area contributed by atoms with Crippen molar-refractivity contribution in [3.8, 4) is 6.07 Å². The average molecular weight is 287 g/mol. The third-order valence-corrected chi connectivity index (χ3v) is 3.39.